The molecule has 194 valence electrons. The third-order valence-electron chi connectivity index (χ3n) is 4.18. The summed E-state index contributed by atoms with van der Waals surface area (Å²) in [4.78, 5) is 21.5. The lowest BCUT2D eigenvalue weighted by Gasteiger charge is -2.22. The highest BCUT2D eigenvalue weighted by Gasteiger charge is 2.13. The molecule has 2 N–H and O–H groups in total. The summed E-state index contributed by atoms with van der Waals surface area (Å²) < 4.78 is 42.6. The minimum absolute atomic E-state index is 0.0772. The molecule has 0 bridgehead atoms. The van der Waals surface area contributed by atoms with E-state index in [1.54, 1.807) is 0 Å². The molecule has 1 saturated heterocycles. The molecule has 0 aliphatic carbocycles. The summed E-state index contributed by atoms with van der Waals surface area (Å²) in [5.41, 5.74) is 0. The molecule has 0 spiro atoms. The van der Waals surface area contributed by atoms with Crippen molar-refractivity contribution in [3.8, 4) is 0 Å². The van der Waals surface area contributed by atoms with E-state index >= 15 is 0 Å². The second-order valence-electron chi connectivity index (χ2n) is 6.97. The van der Waals surface area contributed by atoms with Gasteiger partial charge < -0.3 is 48.3 Å². The van der Waals surface area contributed by atoms with Crippen LogP contribution in [0.1, 0.15) is 19.3 Å². The lowest BCUT2D eigenvalue weighted by molar-refractivity contribution is -0.169. The van der Waals surface area contributed by atoms with Gasteiger partial charge in [-0.25, -0.2) is 4.79 Å². The summed E-state index contributed by atoms with van der Waals surface area (Å²) in [5.74, 6) is -1.51. The average Bonchev–Trinajstić information content (AvgIpc) is 2.81. The molecule has 1 aliphatic heterocycles. The Morgan fingerprint density at radius 3 is 1.79 bits per heavy atom. The number of carbonyl (C=O) groups is 2. The predicted octanol–water partition coefficient (Wildman–Crippen LogP) is -0.170. The number of carboxylic acid groups (broad SMARTS) is 1. The molecular formula is C21H39NO11. The summed E-state index contributed by atoms with van der Waals surface area (Å²) in [5, 5.41) is 10.9. The molecule has 0 aromatic heterocycles. The van der Waals surface area contributed by atoms with Crippen molar-refractivity contribution in [3.05, 3.63) is 0 Å². The largest absolute Gasteiger partial charge is 0.480 e. The third kappa shape index (κ3) is 20.9. The topological polar surface area (TPSA) is 140 Å². The first-order valence-electron chi connectivity index (χ1n) is 11.4. The number of carboxylic acids is 1. The predicted molar refractivity (Wildman–Crippen MR) is 115 cm³/mol. The van der Waals surface area contributed by atoms with Crippen molar-refractivity contribution in [2.45, 2.75) is 25.6 Å². The zero-order valence-electron chi connectivity index (χ0n) is 19.3. The highest BCUT2D eigenvalue weighted by Crippen LogP contribution is 2.13. The highest BCUT2D eigenvalue weighted by atomic mass is 16.7. The van der Waals surface area contributed by atoms with E-state index in [0.717, 1.165) is 25.9 Å². The minimum atomic E-state index is -1.12. The smallest absolute Gasteiger partial charge is 0.329 e. The molecule has 1 aliphatic rings. The van der Waals surface area contributed by atoms with Crippen LogP contribution in [0.25, 0.3) is 0 Å². The molecule has 1 unspecified atom stereocenters. The molecule has 12 heteroatoms. The van der Waals surface area contributed by atoms with Crippen LogP contribution in [0.5, 0.6) is 0 Å². The van der Waals surface area contributed by atoms with Crippen molar-refractivity contribution in [2.24, 2.45) is 0 Å². The number of ether oxygens (including phenoxy) is 8. The lowest BCUT2D eigenvalue weighted by Crippen LogP contribution is -2.31. The summed E-state index contributed by atoms with van der Waals surface area (Å²) in [6.45, 7) is 5.41. The van der Waals surface area contributed by atoms with Gasteiger partial charge in [-0.1, -0.05) is 0 Å². The number of amides is 1. The molecule has 1 heterocycles. The number of nitrogens with one attached hydrogen (secondary N) is 1. The summed E-state index contributed by atoms with van der Waals surface area (Å²) in [6.07, 6.45) is 3.15. The van der Waals surface area contributed by atoms with Gasteiger partial charge in [0.15, 0.2) is 6.29 Å². The molecular weight excluding hydrogens is 442 g/mol. The molecule has 0 saturated carbocycles. The summed E-state index contributed by atoms with van der Waals surface area (Å²) in [6, 6.07) is 0. The van der Waals surface area contributed by atoms with E-state index in [1.807, 2.05) is 0 Å². The standard InChI is InChI=1S/C21H39NO11/c23-19(17-31-18-20(24)25)22-4-6-26-7-8-27-9-10-28-11-12-29-13-14-30-15-16-33-21-3-1-2-5-32-21/h21H,1-18H2,(H,22,23)(H,24,25). The Morgan fingerprint density at radius 2 is 1.27 bits per heavy atom. The number of carbonyl (C=O) groups excluding carboxylic acids is 1. The molecule has 0 aromatic carbocycles. The first-order valence-corrected chi connectivity index (χ1v) is 11.4. The van der Waals surface area contributed by atoms with Gasteiger partial charge in [0, 0.05) is 13.2 Å². The van der Waals surface area contributed by atoms with E-state index < -0.39 is 12.6 Å². The Hall–Kier alpha value is -1.38. The van der Waals surface area contributed by atoms with Crippen molar-refractivity contribution in [1.82, 2.24) is 5.32 Å². The van der Waals surface area contributed by atoms with Crippen LogP contribution in [0.15, 0.2) is 0 Å². The zero-order chi connectivity index (χ0) is 23.8. The van der Waals surface area contributed by atoms with E-state index in [-0.39, 0.29) is 18.8 Å². The van der Waals surface area contributed by atoms with Crippen LogP contribution < -0.4 is 5.32 Å². The molecule has 1 atom stereocenters. The maximum atomic E-state index is 11.3. The third-order valence-corrected chi connectivity index (χ3v) is 4.18. The van der Waals surface area contributed by atoms with Crippen LogP contribution in [-0.2, 0) is 47.5 Å². The van der Waals surface area contributed by atoms with E-state index in [0.29, 0.717) is 79.2 Å². The van der Waals surface area contributed by atoms with Crippen LogP contribution >= 0.6 is 0 Å². The van der Waals surface area contributed by atoms with Crippen LogP contribution in [0, 0.1) is 0 Å². The van der Waals surface area contributed by atoms with Gasteiger partial charge in [0.2, 0.25) is 5.91 Å². The average molecular weight is 482 g/mol. The van der Waals surface area contributed by atoms with Crippen molar-refractivity contribution in [1.29, 1.82) is 0 Å². The van der Waals surface area contributed by atoms with E-state index in [1.165, 1.54) is 0 Å². The Bertz CT molecular complexity index is 475. The van der Waals surface area contributed by atoms with Gasteiger partial charge in [0.25, 0.3) is 0 Å². The van der Waals surface area contributed by atoms with Gasteiger partial charge in [-0.2, -0.15) is 0 Å². The monoisotopic (exact) mass is 481 g/mol. The SMILES string of the molecule is O=C(O)COCC(=O)NCCOCCOCCOCCOCCOCCOC1CCCCO1. The Balaban J connectivity index is 1.67. The maximum absolute atomic E-state index is 11.3. The van der Waals surface area contributed by atoms with Crippen LogP contribution in [0.3, 0.4) is 0 Å². The lowest BCUT2D eigenvalue weighted by atomic mass is 10.2. The van der Waals surface area contributed by atoms with E-state index in [9.17, 15) is 9.59 Å². The van der Waals surface area contributed by atoms with Crippen LogP contribution in [0.4, 0.5) is 0 Å². The summed E-state index contributed by atoms with van der Waals surface area (Å²) >= 11 is 0. The van der Waals surface area contributed by atoms with Gasteiger partial charge in [0.1, 0.15) is 13.2 Å². The molecule has 0 aromatic rings. The second-order valence-corrected chi connectivity index (χ2v) is 6.97. The fourth-order valence-corrected chi connectivity index (χ4v) is 2.61. The molecule has 1 fully saturated rings. The van der Waals surface area contributed by atoms with Gasteiger partial charge in [-0.3, -0.25) is 4.79 Å². The molecule has 33 heavy (non-hydrogen) atoms. The normalized spacial score (nSPS) is 16.1. The van der Waals surface area contributed by atoms with Gasteiger partial charge in [0.05, 0.1) is 72.7 Å². The Kier molecular flexibility index (Phi) is 20.1. The Labute approximate surface area is 195 Å². The number of hydrogen-bond acceptors (Lipinski definition) is 10. The van der Waals surface area contributed by atoms with Gasteiger partial charge in [-0.05, 0) is 19.3 Å². The van der Waals surface area contributed by atoms with Crippen LogP contribution in [-0.4, -0.2) is 122 Å². The number of aliphatic carboxylic acids is 1. The van der Waals surface area contributed by atoms with Gasteiger partial charge >= 0.3 is 5.97 Å². The van der Waals surface area contributed by atoms with Crippen molar-refractivity contribution >= 4 is 11.9 Å². The minimum Gasteiger partial charge on any atom is -0.480 e. The Morgan fingerprint density at radius 1 is 0.727 bits per heavy atom. The fraction of sp³-hybridized carbons (Fsp3) is 0.905. The van der Waals surface area contributed by atoms with E-state index in [4.69, 9.17) is 38.3 Å². The molecule has 1 rings (SSSR count). The second kappa shape index (κ2) is 22.4. The molecule has 1 amide bonds. The van der Waals surface area contributed by atoms with Crippen LogP contribution in [0.2, 0.25) is 0 Å². The van der Waals surface area contributed by atoms with Crippen molar-refractivity contribution < 1.29 is 52.6 Å². The summed E-state index contributed by atoms with van der Waals surface area (Å²) in [7, 11) is 0. The molecule has 0 radical (unpaired) electrons. The zero-order valence-corrected chi connectivity index (χ0v) is 19.3. The maximum Gasteiger partial charge on any atom is 0.329 e. The van der Waals surface area contributed by atoms with Gasteiger partial charge in [-0.15, -0.1) is 0 Å². The number of hydrogen-bond donors (Lipinski definition) is 2. The first kappa shape index (κ1) is 29.7. The van der Waals surface area contributed by atoms with Crippen molar-refractivity contribution in [3.63, 3.8) is 0 Å². The fourth-order valence-electron chi connectivity index (χ4n) is 2.61. The highest BCUT2D eigenvalue weighted by molar-refractivity contribution is 5.77. The quantitative estimate of drug-likeness (QED) is 0.188. The molecule has 12 nitrogen and oxygen atoms in total. The van der Waals surface area contributed by atoms with Crippen molar-refractivity contribution in [2.75, 3.05) is 99.0 Å². The first-order chi connectivity index (χ1) is 16.2. The number of rotatable bonds is 23. The van der Waals surface area contributed by atoms with E-state index in [2.05, 4.69) is 10.1 Å².